The molecule has 108 valence electrons. The second-order valence-corrected chi connectivity index (χ2v) is 4.47. The normalized spacial score (nSPS) is 10.7. The summed E-state index contributed by atoms with van der Waals surface area (Å²) in [6.07, 6.45) is 4.08. The number of amides is 1. The molecule has 0 aliphatic heterocycles. The molecule has 0 aliphatic rings. The first kappa shape index (κ1) is 14.2. The summed E-state index contributed by atoms with van der Waals surface area (Å²) < 4.78 is 7.02. The molecule has 7 nitrogen and oxygen atoms in total. The Kier molecular flexibility index (Phi) is 4.86. The van der Waals surface area contributed by atoms with Gasteiger partial charge in [0.05, 0.1) is 0 Å². The number of carbonyl (C=O) groups is 1. The number of nitrogens with one attached hydrogen (secondary N) is 1. The molecule has 2 aromatic heterocycles. The van der Waals surface area contributed by atoms with E-state index in [4.69, 9.17) is 4.52 Å². The zero-order chi connectivity index (χ0) is 14.4. The topological polar surface area (TPSA) is 85.8 Å². The number of hydrogen-bond acceptors (Lipinski definition) is 5. The van der Waals surface area contributed by atoms with Crippen LogP contribution in [-0.2, 0) is 19.4 Å². The smallest absolute Gasteiger partial charge is 0.273 e. The van der Waals surface area contributed by atoms with Crippen molar-refractivity contribution in [2.75, 3.05) is 6.54 Å². The van der Waals surface area contributed by atoms with Gasteiger partial charge < -0.3 is 14.4 Å². The molecule has 0 atom stereocenters. The van der Waals surface area contributed by atoms with Crippen molar-refractivity contribution in [2.45, 2.75) is 39.7 Å². The van der Waals surface area contributed by atoms with Crippen molar-refractivity contribution in [1.82, 2.24) is 25.2 Å². The van der Waals surface area contributed by atoms with Crippen LogP contribution in [0.4, 0.5) is 0 Å². The fourth-order valence-electron chi connectivity index (χ4n) is 1.90. The quantitative estimate of drug-likeness (QED) is 0.822. The van der Waals surface area contributed by atoms with E-state index in [1.54, 1.807) is 12.4 Å². The minimum absolute atomic E-state index is 0.223. The maximum atomic E-state index is 11.9. The number of carbonyl (C=O) groups excluding carboxylic acids is 1. The first-order chi connectivity index (χ1) is 9.74. The number of nitrogens with zero attached hydrogens (tertiary/aromatic N) is 4. The van der Waals surface area contributed by atoms with Crippen LogP contribution in [0.15, 0.2) is 16.9 Å². The molecule has 7 heteroatoms. The molecule has 2 rings (SSSR count). The van der Waals surface area contributed by atoms with E-state index in [-0.39, 0.29) is 5.91 Å². The highest BCUT2D eigenvalue weighted by molar-refractivity contribution is 5.92. The molecule has 0 saturated carbocycles. The van der Waals surface area contributed by atoms with E-state index < -0.39 is 0 Å². The molecule has 0 spiro atoms. The molecule has 0 saturated heterocycles. The number of hydrogen-bond donors (Lipinski definition) is 1. The molecular weight excluding hydrogens is 258 g/mol. The van der Waals surface area contributed by atoms with Gasteiger partial charge in [0.1, 0.15) is 17.9 Å². The predicted octanol–water partition coefficient (Wildman–Crippen LogP) is 1.21. The second-order valence-electron chi connectivity index (χ2n) is 4.47. The Morgan fingerprint density at radius 3 is 3.00 bits per heavy atom. The standard InChI is InChI=1S/C13H19N5O2/c1-3-5-10-8-11(17-20-10)13(19)14-7-6-12-16-15-9-18(12)4-2/h8-9H,3-7H2,1-2H3,(H,14,19). The Morgan fingerprint density at radius 2 is 2.25 bits per heavy atom. The molecule has 0 bridgehead atoms. The van der Waals surface area contributed by atoms with Crippen LogP contribution in [0.1, 0.15) is 42.3 Å². The molecule has 0 radical (unpaired) electrons. The Bertz CT molecular complexity index is 561. The van der Waals surface area contributed by atoms with Crippen molar-refractivity contribution in [3.8, 4) is 0 Å². The van der Waals surface area contributed by atoms with Crippen LogP contribution in [0.5, 0.6) is 0 Å². The summed E-state index contributed by atoms with van der Waals surface area (Å²) in [5, 5.41) is 14.4. The zero-order valence-corrected chi connectivity index (χ0v) is 11.8. The van der Waals surface area contributed by atoms with Gasteiger partial charge in [-0.2, -0.15) is 0 Å². The Balaban J connectivity index is 1.82. The largest absolute Gasteiger partial charge is 0.361 e. The van der Waals surface area contributed by atoms with Crippen LogP contribution in [0.2, 0.25) is 0 Å². The highest BCUT2D eigenvalue weighted by Gasteiger charge is 2.12. The third-order valence-corrected chi connectivity index (χ3v) is 2.96. The fourth-order valence-corrected chi connectivity index (χ4v) is 1.90. The van der Waals surface area contributed by atoms with Gasteiger partial charge in [-0.25, -0.2) is 0 Å². The Morgan fingerprint density at radius 1 is 1.40 bits per heavy atom. The summed E-state index contributed by atoms with van der Waals surface area (Å²) in [7, 11) is 0. The lowest BCUT2D eigenvalue weighted by Gasteiger charge is -2.04. The van der Waals surface area contributed by atoms with Gasteiger partial charge in [0.15, 0.2) is 5.69 Å². The third kappa shape index (κ3) is 3.43. The molecule has 1 N–H and O–H groups in total. The molecule has 2 aromatic rings. The molecule has 20 heavy (non-hydrogen) atoms. The van der Waals surface area contributed by atoms with Crippen molar-refractivity contribution in [3.05, 3.63) is 29.7 Å². The van der Waals surface area contributed by atoms with Gasteiger partial charge in [-0.3, -0.25) is 4.79 Å². The monoisotopic (exact) mass is 277 g/mol. The van der Waals surface area contributed by atoms with E-state index in [0.29, 0.717) is 18.7 Å². The van der Waals surface area contributed by atoms with Crippen LogP contribution < -0.4 is 5.32 Å². The predicted molar refractivity (Wildman–Crippen MR) is 72.2 cm³/mol. The average molecular weight is 277 g/mol. The lowest BCUT2D eigenvalue weighted by molar-refractivity contribution is 0.0944. The summed E-state index contributed by atoms with van der Waals surface area (Å²) in [6, 6.07) is 1.69. The first-order valence-electron chi connectivity index (χ1n) is 6.85. The summed E-state index contributed by atoms with van der Waals surface area (Å²) in [4.78, 5) is 11.9. The van der Waals surface area contributed by atoms with E-state index >= 15 is 0 Å². The Hall–Kier alpha value is -2.18. The van der Waals surface area contributed by atoms with Crippen LogP contribution in [0, 0.1) is 0 Å². The van der Waals surface area contributed by atoms with E-state index in [1.807, 2.05) is 18.4 Å². The van der Waals surface area contributed by atoms with Crippen LogP contribution >= 0.6 is 0 Å². The van der Waals surface area contributed by atoms with E-state index in [0.717, 1.165) is 31.0 Å². The summed E-state index contributed by atoms with van der Waals surface area (Å²) >= 11 is 0. The van der Waals surface area contributed by atoms with Crippen LogP contribution in [0.25, 0.3) is 0 Å². The van der Waals surface area contributed by atoms with Gasteiger partial charge in [0.2, 0.25) is 0 Å². The summed E-state index contributed by atoms with van der Waals surface area (Å²) in [5.74, 6) is 1.38. The average Bonchev–Trinajstić information content (AvgIpc) is 3.08. The Labute approximate surface area is 117 Å². The minimum Gasteiger partial charge on any atom is -0.361 e. The molecule has 2 heterocycles. The van der Waals surface area contributed by atoms with Gasteiger partial charge in [0, 0.05) is 32.0 Å². The van der Waals surface area contributed by atoms with E-state index in [9.17, 15) is 4.79 Å². The second kappa shape index (κ2) is 6.83. The van der Waals surface area contributed by atoms with Gasteiger partial charge >= 0.3 is 0 Å². The SMILES string of the molecule is CCCc1cc(C(=O)NCCc2nncn2CC)no1. The zero-order valence-electron chi connectivity index (χ0n) is 11.8. The minimum atomic E-state index is -0.223. The molecule has 0 fully saturated rings. The molecule has 0 unspecified atom stereocenters. The van der Waals surface area contributed by atoms with Crippen molar-refractivity contribution in [2.24, 2.45) is 0 Å². The molecule has 1 amide bonds. The van der Waals surface area contributed by atoms with Gasteiger partial charge in [-0.1, -0.05) is 12.1 Å². The van der Waals surface area contributed by atoms with E-state index in [1.165, 1.54) is 0 Å². The van der Waals surface area contributed by atoms with E-state index in [2.05, 4.69) is 20.7 Å². The van der Waals surface area contributed by atoms with Crippen molar-refractivity contribution in [1.29, 1.82) is 0 Å². The van der Waals surface area contributed by atoms with Crippen molar-refractivity contribution in [3.63, 3.8) is 0 Å². The van der Waals surface area contributed by atoms with Crippen molar-refractivity contribution >= 4 is 5.91 Å². The number of aryl methyl sites for hydroxylation is 2. The maximum Gasteiger partial charge on any atom is 0.273 e. The highest BCUT2D eigenvalue weighted by atomic mass is 16.5. The highest BCUT2D eigenvalue weighted by Crippen LogP contribution is 2.06. The van der Waals surface area contributed by atoms with Crippen LogP contribution in [0.3, 0.4) is 0 Å². The molecule has 0 aliphatic carbocycles. The van der Waals surface area contributed by atoms with Crippen molar-refractivity contribution < 1.29 is 9.32 Å². The lowest BCUT2D eigenvalue weighted by Crippen LogP contribution is -2.26. The fraction of sp³-hybridized carbons (Fsp3) is 0.538. The number of aromatic nitrogens is 4. The van der Waals surface area contributed by atoms with Gasteiger partial charge in [0.25, 0.3) is 5.91 Å². The van der Waals surface area contributed by atoms with Gasteiger partial charge in [-0.05, 0) is 13.3 Å². The van der Waals surface area contributed by atoms with Gasteiger partial charge in [-0.15, -0.1) is 10.2 Å². The van der Waals surface area contributed by atoms with Crippen LogP contribution in [-0.4, -0.2) is 32.4 Å². The first-order valence-corrected chi connectivity index (χ1v) is 6.85. The summed E-state index contributed by atoms with van der Waals surface area (Å²) in [5.41, 5.74) is 0.324. The number of rotatable bonds is 7. The molecular formula is C13H19N5O2. The maximum absolute atomic E-state index is 11.9. The third-order valence-electron chi connectivity index (χ3n) is 2.96. The lowest BCUT2D eigenvalue weighted by atomic mass is 10.2. The molecule has 0 aromatic carbocycles. The summed E-state index contributed by atoms with van der Waals surface area (Å²) in [6.45, 7) is 5.38.